The molecule has 0 radical (unpaired) electrons. The molecule has 2 aromatic carbocycles. The molecule has 0 saturated carbocycles. The Labute approximate surface area is 162 Å². The van der Waals surface area contributed by atoms with Crippen LogP contribution in [0.1, 0.15) is 12.5 Å². The van der Waals surface area contributed by atoms with Gasteiger partial charge in [0.15, 0.2) is 10.1 Å². The van der Waals surface area contributed by atoms with Crippen LogP contribution < -0.4 is 4.74 Å². The van der Waals surface area contributed by atoms with Gasteiger partial charge in [-0.15, -0.1) is 11.3 Å². The fraction of sp³-hybridized carbons (Fsp3) is 0.111. The average Bonchev–Trinajstić information content (AvgIpc) is 3.05. The van der Waals surface area contributed by atoms with Gasteiger partial charge in [-0.1, -0.05) is 12.1 Å². The zero-order valence-electron chi connectivity index (χ0n) is 14.1. The lowest BCUT2D eigenvalue weighted by atomic mass is 10.1. The van der Waals surface area contributed by atoms with Gasteiger partial charge in [0.1, 0.15) is 6.07 Å². The van der Waals surface area contributed by atoms with E-state index in [0.717, 1.165) is 10.2 Å². The largest absolute Gasteiger partial charge is 0.500 e. The molecular formula is C18H13N3O4S2. The van der Waals surface area contributed by atoms with Gasteiger partial charge in [-0.3, -0.25) is 10.1 Å². The molecule has 0 bridgehead atoms. The molecule has 3 rings (SSSR count). The molecule has 9 heteroatoms. The molecule has 0 unspecified atom stereocenters. The van der Waals surface area contributed by atoms with Crippen molar-refractivity contribution < 1.29 is 14.8 Å². The zero-order chi connectivity index (χ0) is 19.4. The summed E-state index contributed by atoms with van der Waals surface area (Å²) in [7, 11) is 0. The van der Waals surface area contributed by atoms with E-state index in [2.05, 4.69) is 11.1 Å². The SMILES string of the molecule is CCOc1cc(/C=C(\C#N)Sc2nc3ccccc3s2)cc([N+](=O)[O-])c1O. The van der Waals surface area contributed by atoms with E-state index in [1.807, 2.05) is 24.3 Å². The number of benzene rings is 2. The third-order valence-corrected chi connectivity index (χ3v) is 5.48. The molecule has 1 aromatic heterocycles. The molecule has 0 aliphatic carbocycles. The predicted octanol–water partition coefficient (Wildman–Crippen LogP) is 4.97. The molecule has 27 heavy (non-hydrogen) atoms. The summed E-state index contributed by atoms with van der Waals surface area (Å²) in [5, 5.41) is 30.6. The Kier molecular flexibility index (Phi) is 5.59. The van der Waals surface area contributed by atoms with E-state index in [-0.39, 0.29) is 12.4 Å². The molecule has 0 atom stereocenters. The zero-order valence-corrected chi connectivity index (χ0v) is 15.7. The highest BCUT2D eigenvalue weighted by Gasteiger charge is 2.20. The van der Waals surface area contributed by atoms with Gasteiger partial charge >= 0.3 is 5.69 Å². The number of thioether (sulfide) groups is 1. The van der Waals surface area contributed by atoms with Crippen molar-refractivity contribution in [3.05, 3.63) is 57.0 Å². The van der Waals surface area contributed by atoms with Crippen LogP contribution >= 0.6 is 23.1 Å². The molecule has 1 N–H and O–H groups in total. The van der Waals surface area contributed by atoms with E-state index in [1.54, 1.807) is 6.92 Å². The highest BCUT2D eigenvalue weighted by atomic mass is 32.2. The number of hydrogen-bond donors (Lipinski definition) is 1. The van der Waals surface area contributed by atoms with Crippen LogP contribution in [0.2, 0.25) is 0 Å². The quantitative estimate of drug-likeness (QED) is 0.270. The number of thiazole rings is 1. The van der Waals surface area contributed by atoms with E-state index in [0.29, 0.717) is 14.8 Å². The Morgan fingerprint density at radius 1 is 1.48 bits per heavy atom. The van der Waals surface area contributed by atoms with Crippen molar-refractivity contribution in [2.75, 3.05) is 6.61 Å². The average molecular weight is 399 g/mol. The number of aromatic hydroxyl groups is 1. The number of phenolic OH excluding ortho intramolecular Hbond substituents is 1. The first-order valence-electron chi connectivity index (χ1n) is 7.81. The summed E-state index contributed by atoms with van der Waals surface area (Å²) in [5.74, 6) is -0.531. The first-order valence-corrected chi connectivity index (χ1v) is 9.44. The lowest BCUT2D eigenvalue weighted by Crippen LogP contribution is -1.96. The molecule has 3 aromatic rings. The van der Waals surface area contributed by atoms with E-state index in [4.69, 9.17) is 4.74 Å². The summed E-state index contributed by atoms with van der Waals surface area (Å²) in [4.78, 5) is 15.3. The summed E-state index contributed by atoms with van der Waals surface area (Å²) >= 11 is 2.64. The van der Waals surface area contributed by atoms with Gasteiger partial charge in [-0.05, 0) is 48.5 Å². The van der Waals surface area contributed by atoms with Gasteiger partial charge in [-0.2, -0.15) is 5.26 Å². The second-order valence-corrected chi connectivity index (χ2v) is 7.57. The van der Waals surface area contributed by atoms with Gasteiger partial charge in [0.2, 0.25) is 5.75 Å². The number of fused-ring (bicyclic) bond motifs is 1. The van der Waals surface area contributed by atoms with Crippen LogP contribution in [0.15, 0.2) is 45.6 Å². The van der Waals surface area contributed by atoms with Gasteiger partial charge in [0.25, 0.3) is 0 Å². The number of allylic oxidation sites excluding steroid dienone is 1. The number of aromatic nitrogens is 1. The summed E-state index contributed by atoms with van der Waals surface area (Å²) in [6, 6.07) is 12.4. The first-order chi connectivity index (χ1) is 13.0. The summed E-state index contributed by atoms with van der Waals surface area (Å²) < 4.78 is 6.96. The lowest BCUT2D eigenvalue weighted by molar-refractivity contribution is -0.386. The fourth-order valence-corrected chi connectivity index (χ4v) is 4.30. The number of nitriles is 1. The van der Waals surface area contributed by atoms with Crippen LogP contribution in [-0.4, -0.2) is 21.6 Å². The Bertz CT molecular complexity index is 1050. The molecule has 0 aliphatic rings. The van der Waals surface area contributed by atoms with Crippen LogP contribution in [0.25, 0.3) is 16.3 Å². The topological polar surface area (TPSA) is 109 Å². The minimum absolute atomic E-state index is 0.000210. The molecule has 1 heterocycles. The van der Waals surface area contributed by atoms with Crippen LogP contribution in [0.5, 0.6) is 11.5 Å². The summed E-state index contributed by atoms with van der Waals surface area (Å²) in [6.07, 6.45) is 1.51. The predicted molar refractivity (Wildman–Crippen MR) is 105 cm³/mol. The van der Waals surface area contributed by atoms with Crippen molar-refractivity contribution in [3.8, 4) is 17.6 Å². The Morgan fingerprint density at radius 2 is 2.26 bits per heavy atom. The van der Waals surface area contributed by atoms with Crippen LogP contribution in [0, 0.1) is 21.4 Å². The smallest absolute Gasteiger partial charge is 0.315 e. The van der Waals surface area contributed by atoms with Crippen LogP contribution in [0.3, 0.4) is 0 Å². The number of rotatable bonds is 6. The number of nitro groups is 1. The minimum Gasteiger partial charge on any atom is -0.500 e. The molecule has 0 spiro atoms. The molecule has 0 amide bonds. The van der Waals surface area contributed by atoms with Gasteiger partial charge in [-0.25, -0.2) is 4.98 Å². The Morgan fingerprint density at radius 3 is 2.93 bits per heavy atom. The molecule has 136 valence electrons. The van der Waals surface area contributed by atoms with Crippen molar-refractivity contribution in [2.24, 2.45) is 0 Å². The highest BCUT2D eigenvalue weighted by molar-refractivity contribution is 8.05. The fourth-order valence-electron chi connectivity index (χ4n) is 2.33. The molecular weight excluding hydrogens is 386 g/mol. The highest BCUT2D eigenvalue weighted by Crippen LogP contribution is 2.39. The Balaban J connectivity index is 1.97. The number of hydrogen-bond acceptors (Lipinski definition) is 8. The van der Waals surface area contributed by atoms with Crippen LogP contribution in [-0.2, 0) is 0 Å². The van der Waals surface area contributed by atoms with E-state index in [1.165, 1.54) is 41.3 Å². The van der Waals surface area contributed by atoms with Crippen molar-refractivity contribution in [1.82, 2.24) is 4.98 Å². The monoisotopic (exact) mass is 399 g/mol. The van der Waals surface area contributed by atoms with Crippen molar-refractivity contribution in [3.63, 3.8) is 0 Å². The van der Waals surface area contributed by atoms with Crippen molar-refractivity contribution in [1.29, 1.82) is 5.26 Å². The van der Waals surface area contributed by atoms with E-state index < -0.39 is 16.4 Å². The molecule has 7 nitrogen and oxygen atoms in total. The maximum atomic E-state index is 11.2. The number of phenols is 1. The third-order valence-electron chi connectivity index (χ3n) is 3.45. The molecule has 0 fully saturated rings. The van der Waals surface area contributed by atoms with E-state index in [9.17, 15) is 20.5 Å². The number of nitro benzene ring substituents is 1. The van der Waals surface area contributed by atoms with Gasteiger partial charge in [0.05, 0.1) is 26.7 Å². The summed E-state index contributed by atoms with van der Waals surface area (Å²) in [5.41, 5.74) is 0.754. The van der Waals surface area contributed by atoms with Crippen LogP contribution in [0.4, 0.5) is 5.69 Å². The first kappa shape index (κ1) is 18.7. The van der Waals surface area contributed by atoms with Crippen molar-refractivity contribution in [2.45, 2.75) is 11.3 Å². The maximum Gasteiger partial charge on any atom is 0.315 e. The molecule has 0 saturated heterocycles. The number of para-hydroxylation sites is 1. The Hall–Kier alpha value is -3.09. The van der Waals surface area contributed by atoms with Gasteiger partial charge < -0.3 is 9.84 Å². The maximum absolute atomic E-state index is 11.2. The number of ether oxygens (including phenoxy) is 1. The second-order valence-electron chi connectivity index (χ2n) is 5.25. The summed E-state index contributed by atoms with van der Waals surface area (Å²) in [6.45, 7) is 1.95. The van der Waals surface area contributed by atoms with E-state index >= 15 is 0 Å². The normalized spacial score (nSPS) is 11.3. The van der Waals surface area contributed by atoms with Gasteiger partial charge in [0, 0.05) is 6.07 Å². The second kappa shape index (κ2) is 8.07. The minimum atomic E-state index is -0.693. The third kappa shape index (κ3) is 4.19. The molecule has 0 aliphatic heterocycles. The van der Waals surface area contributed by atoms with Crippen molar-refractivity contribution >= 4 is 45.1 Å². The standard InChI is InChI=1S/C18H13N3O4S2/c1-2-25-15-9-11(8-14(17(15)22)21(23)24)7-12(10-19)26-18-20-13-5-3-4-6-16(13)27-18/h3-9,22H,2H2,1H3/b12-7+. The lowest BCUT2D eigenvalue weighted by Gasteiger charge is -2.07. The number of nitrogens with zero attached hydrogens (tertiary/aromatic N) is 3.